The first-order valence-electron chi connectivity index (χ1n) is 9.82. The summed E-state index contributed by atoms with van der Waals surface area (Å²) in [5.74, 6) is -0.133. The van der Waals surface area contributed by atoms with Gasteiger partial charge in [-0.25, -0.2) is 4.98 Å². The van der Waals surface area contributed by atoms with E-state index in [9.17, 15) is 4.79 Å². The number of hydrogen-bond acceptors (Lipinski definition) is 4. The fourth-order valence-electron chi connectivity index (χ4n) is 3.28. The third-order valence-corrected chi connectivity index (χ3v) is 5.78. The van der Waals surface area contributed by atoms with Gasteiger partial charge in [0.1, 0.15) is 0 Å². The topological polar surface area (TPSA) is 45.2 Å². The standard InChI is InChI=1S/C23H27N3OS/c1-4-20(17-11-8-7-9-12-17)22(27)24-19-14-10-13-18(15-19)21-16-28-23(25-21)26(5-2)6-3/h7-16,20H,4-6H2,1-3H3,(H,24,27)/t20-/m1/s1. The zero-order valence-corrected chi connectivity index (χ0v) is 17.5. The molecule has 0 bridgehead atoms. The summed E-state index contributed by atoms with van der Waals surface area (Å²) in [5, 5.41) is 6.19. The summed E-state index contributed by atoms with van der Waals surface area (Å²) >= 11 is 1.65. The molecular weight excluding hydrogens is 366 g/mol. The molecule has 28 heavy (non-hydrogen) atoms. The summed E-state index contributed by atoms with van der Waals surface area (Å²) < 4.78 is 0. The summed E-state index contributed by atoms with van der Waals surface area (Å²) in [4.78, 5) is 19.8. The molecule has 0 radical (unpaired) electrons. The number of amides is 1. The van der Waals surface area contributed by atoms with Gasteiger partial charge >= 0.3 is 0 Å². The summed E-state index contributed by atoms with van der Waals surface area (Å²) in [6.07, 6.45) is 0.759. The highest BCUT2D eigenvalue weighted by Gasteiger charge is 2.18. The average Bonchev–Trinajstić information content (AvgIpc) is 3.20. The minimum Gasteiger partial charge on any atom is -0.349 e. The molecule has 0 aliphatic rings. The second-order valence-corrected chi connectivity index (χ2v) is 7.47. The van der Waals surface area contributed by atoms with Gasteiger partial charge in [-0.3, -0.25) is 4.79 Å². The van der Waals surface area contributed by atoms with Crippen molar-refractivity contribution in [1.82, 2.24) is 4.98 Å². The molecule has 3 rings (SSSR count). The van der Waals surface area contributed by atoms with Crippen LogP contribution >= 0.6 is 11.3 Å². The van der Waals surface area contributed by atoms with E-state index in [0.717, 1.165) is 47.2 Å². The SMILES string of the molecule is CC[C@@H](C(=O)Nc1cccc(-c2csc(N(CC)CC)n2)c1)c1ccccc1. The van der Waals surface area contributed by atoms with Crippen LogP contribution in [0.4, 0.5) is 10.8 Å². The van der Waals surface area contributed by atoms with Crippen molar-refractivity contribution in [1.29, 1.82) is 0 Å². The number of benzene rings is 2. The van der Waals surface area contributed by atoms with Crippen molar-refractivity contribution in [2.24, 2.45) is 0 Å². The largest absolute Gasteiger partial charge is 0.349 e. The lowest BCUT2D eigenvalue weighted by Gasteiger charge is -2.16. The molecule has 0 fully saturated rings. The van der Waals surface area contributed by atoms with Gasteiger partial charge in [0.2, 0.25) is 5.91 Å². The summed E-state index contributed by atoms with van der Waals surface area (Å²) in [5.41, 5.74) is 3.80. The van der Waals surface area contributed by atoms with Crippen LogP contribution in [0.25, 0.3) is 11.3 Å². The van der Waals surface area contributed by atoms with Gasteiger partial charge in [0.05, 0.1) is 11.6 Å². The minimum absolute atomic E-state index is 0.0213. The number of hydrogen-bond donors (Lipinski definition) is 1. The Morgan fingerprint density at radius 1 is 1.07 bits per heavy atom. The Labute approximate surface area is 171 Å². The second-order valence-electron chi connectivity index (χ2n) is 6.63. The van der Waals surface area contributed by atoms with E-state index in [1.165, 1.54) is 0 Å². The molecule has 0 aliphatic carbocycles. The first kappa shape index (κ1) is 20.1. The predicted molar refractivity (Wildman–Crippen MR) is 119 cm³/mol. The molecule has 1 heterocycles. The van der Waals surface area contributed by atoms with Crippen LogP contribution in [0.2, 0.25) is 0 Å². The predicted octanol–water partition coefficient (Wildman–Crippen LogP) is 5.79. The fourth-order valence-corrected chi connectivity index (χ4v) is 4.24. The molecule has 2 aromatic carbocycles. The van der Waals surface area contributed by atoms with Gasteiger partial charge in [-0.2, -0.15) is 0 Å². The van der Waals surface area contributed by atoms with E-state index >= 15 is 0 Å². The molecule has 0 aliphatic heterocycles. The lowest BCUT2D eigenvalue weighted by Crippen LogP contribution is -2.21. The Morgan fingerprint density at radius 3 is 2.50 bits per heavy atom. The van der Waals surface area contributed by atoms with Gasteiger partial charge in [0, 0.05) is 29.7 Å². The van der Waals surface area contributed by atoms with E-state index in [1.807, 2.05) is 61.5 Å². The van der Waals surface area contributed by atoms with Crippen molar-refractivity contribution in [3.8, 4) is 11.3 Å². The maximum Gasteiger partial charge on any atom is 0.231 e. The van der Waals surface area contributed by atoms with Crippen LogP contribution in [0.1, 0.15) is 38.7 Å². The maximum absolute atomic E-state index is 12.8. The Balaban J connectivity index is 1.77. The van der Waals surface area contributed by atoms with Gasteiger partial charge in [-0.15, -0.1) is 11.3 Å². The zero-order chi connectivity index (χ0) is 19.9. The molecule has 0 unspecified atom stereocenters. The molecule has 146 valence electrons. The van der Waals surface area contributed by atoms with Crippen LogP contribution in [-0.2, 0) is 4.79 Å². The molecule has 4 nitrogen and oxygen atoms in total. The van der Waals surface area contributed by atoms with Gasteiger partial charge in [-0.1, -0.05) is 49.4 Å². The van der Waals surface area contributed by atoms with Gasteiger partial charge in [0.15, 0.2) is 5.13 Å². The zero-order valence-electron chi connectivity index (χ0n) is 16.7. The van der Waals surface area contributed by atoms with Gasteiger partial charge < -0.3 is 10.2 Å². The lowest BCUT2D eigenvalue weighted by atomic mass is 9.95. The van der Waals surface area contributed by atoms with Crippen molar-refractivity contribution in [2.45, 2.75) is 33.1 Å². The molecule has 1 amide bonds. The van der Waals surface area contributed by atoms with Crippen LogP contribution in [-0.4, -0.2) is 24.0 Å². The van der Waals surface area contributed by atoms with E-state index in [0.29, 0.717) is 0 Å². The average molecular weight is 394 g/mol. The number of nitrogens with zero attached hydrogens (tertiary/aromatic N) is 2. The first-order valence-corrected chi connectivity index (χ1v) is 10.7. The summed E-state index contributed by atoms with van der Waals surface area (Å²) in [6, 6.07) is 17.9. The van der Waals surface area contributed by atoms with Gasteiger partial charge in [-0.05, 0) is 38.0 Å². The van der Waals surface area contributed by atoms with E-state index in [2.05, 4.69) is 29.4 Å². The molecule has 1 aromatic heterocycles. The van der Waals surface area contributed by atoms with Crippen LogP contribution in [0, 0.1) is 0 Å². The van der Waals surface area contributed by atoms with Crippen LogP contribution in [0.3, 0.4) is 0 Å². The normalized spacial score (nSPS) is 11.8. The van der Waals surface area contributed by atoms with Crippen molar-refractivity contribution in [3.05, 3.63) is 65.5 Å². The fraction of sp³-hybridized carbons (Fsp3) is 0.304. The minimum atomic E-state index is -0.154. The lowest BCUT2D eigenvalue weighted by molar-refractivity contribution is -0.117. The first-order chi connectivity index (χ1) is 13.7. The highest BCUT2D eigenvalue weighted by atomic mass is 32.1. The maximum atomic E-state index is 12.8. The molecule has 0 saturated heterocycles. The number of carbonyl (C=O) groups excluding carboxylic acids is 1. The van der Waals surface area contributed by atoms with Crippen molar-refractivity contribution in [2.75, 3.05) is 23.3 Å². The van der Waals surface area contributed by atoms with Crippen molar-refractivity contribution < 1.29 is 4.79 Å². The van der Waals surface area contributed by atoms with E-state index in [-0.39, 0.29) is 11.8 Å². The highest BCUT2D eigenvalue weighted by Crippen LogP contribution is 2.29. The third-order valence-electron chi connectivity index (χ3n) is 4.88. The van der Waals surface area contributed by atoms with Crippen molar-refractivity contribution in [3.63, 3.8) is 0 Å². The molecule has 1 N–H and O–H groups in total. The van der Waals surface area contributed by atoms with Crippen LogP contribution < -0.4 is 10.2 Å². The summed E-state index contributed by atoms with van der Waals surface area (Å²) in [7, 11) is 0. The van der Waals surface area contributed by atoms with E-state index < -0.39 is 0 Å². The summed E-state index contributed by atoms with van der Waals surface area (Å²) in [6.45, 7) is 8.20. The number of anilines is 2. The van der Waals surface area contributed by atoms with Crippen molar-refractivity contribution >= 4 is 28.1 Å². The van der Waals surface area contributed by atoms with Gasteiger partial charge in [0.25, 0.3) is 0 Å². The second kappa shape index (κ2) is 9.51. The smallest absolute Gasteiger partial charge is 0.231 e. The highest BCUT2D eigenvalue weighted by molar-refractivity contribution is 7.14. The van der Waals surface area contributed by atoms with Crippen LogP contribution in [0.5, 0.6) is 0 Å². The molecule has 0 spiro atoms. The molecule has 0 saturated carbocycles. The van der Waals surface area contributed by atoms with E-state index in [1.54, 1.807) is 11.3 Å². The molecule has 3 aromatic rings. The van der Waals surface area contributed by atoms with Crippen LogP contribution in [0.15, 0.2) is 60.0 Å². The Bertz CT molecular complexity index is 903. The Kier molecular flexibility index (Phi) is 6.82. The number of aromatic nitrogens is 1. The Hall–Kier alpha value is -2.66. The number of nitrogens with one attached hydrogen (secondary N) is 1. The molecule has 1 atom stereocenters. The Morgan fingerprint density at radius 2 is 1.82 bits per heavy atom. The molecule has 5 heteroatoms. The molecular formula is C23H27N3OS. The number of rotatable bonds is 8. The number of carbonyl (C=O) groups is 1. The number of thiazole rings is 1. The third kappa shape index (κ3) is 4.60. The monoisotopic (exact) mass is 393 g/mol. The van der Waals surface area contributed by atoms with E-state index in [4.69, 9.17) is 4.98 Å². The quantitative estimate of drug-likeness (QED) is 0.527.